The van der Waals surface area contributed by atoms with Crippen LogP contribution in [0.1, 0.15) is 5.56 Å². The summed E-state index contributed by atoms with van der Waals surface area (Å²) >= 11 is 0. The van der Waals surface area contributed by atoms with Crippen LogP contribution in [0.5, 0.6) is 0 Å². The number of aliphatic carboxylic acids is 1. The zero-order chi connectivity index (χ0) is 13.1. The van der Waals surface area contributed by atoms with Crippen LogP contribution in [-0.2, 0) is 21.7 Å². The molecule has 94 valence electrons. The molecular weight excluding hydrogens is 256 g/mol. The van der Waals surface area contributed by atoms with Gasteiger partial charge in [0.1, 0.15) is 0 Å². The summed E-state index contributed by atoms with van der Waals surface area (Å²) < 4.78 is 24.1. The van der Waals surface area contributed by atoms with Crippen LogP contribution in [0.4, 0.5) is 0 Å². The summed E-state index contributed by atoms with van der Waals surface area (Å²) in [5, 5.41) is 9.79. The predicted molar refractivity (Wildman–Crippen MR) is 64.8 cm³/mol. The van der Waals surface area contributed by atoms with Crippen molar-refractivity contribution in [2.45, 2.75) is 12.5 Å². The number of hydrogen-bond acceptors (Lipinski definition) is 4. The van der Waals surface area contributed by atoms with Gasteiger partial charge in [0.25, 0.3) is 0 Å². The minimum absolute atomic E-state index is 0.0350. The Hall–Kier alpha value is -2.15. The first kappa shape index (κ1) is 12.3. The number of carbonyl (C=O) groups is 1. The third-order valence-corrected chi connectivity index (χ3v) is 3.01. The fourth-order valence-corrected chi connectivity index (χ4v) is 2.15. The lowest BCUT2D eigenvalue weighted by Gasteiger charge is -2.03. The SMILES string of the molecule is O=C(O)[C@@H](Cc1c[nH]c2ccccc12)N=S(=O)=O. The quantitative estimate of drug-likeness (QED) is 0.869. The lowest BCUT2D eigenvalue weighted by molar-refractivity contribution is -0.138. The Labute approximate surface area is 104 Å². The summed E-state index contributed by atoms with van der Waals surface area (Å²) in [5.41, 5.74) is 1.60. The molecule has 2 N–H and O–H groups in total. The number of nitrogens with one attached hydrogen (secondary N) is 1. The first-order valence-corrected chi connectivity index (χ1v) is 6.19. The Morgan fingerprint density at radius 1 is 1.39 bits per heavy atom. The molecular formula is C11H10N2O4S. The number of para-hydroxylation sites is 1. The van der Waals surface area contributed by atoms with E-state index in [0.717, 1.165) is 16.5 Å². The molecule has 7 heteroatoms. The Balaban J connectivity index is 2.37. The molecule has 0 saturated carbocycles. The second kappa shape index (κ2) is 5.01. The van der Waals surface area contributed by atoms with Crippen LogP contribution in [0.25, 0.3) is 10.9 Å². The maximum Gasteiger partial charge on any atom is 0.330 e. The second-order valence-corrected chi connectivity index (χ2v) is 4.39. The number of rotatable bonds is 4. The van der Waals surface area contributed by atoms with Crippen LogP contribution in [0, 0.1) is 0 Å². The van der Waals surface area contributed by atoms with Gasteiger partial charge >= 0.3 is 16.5 Å². The number of carboxylic acids is 1. The van der Waals surface area contributed by atoms with E-state index in [-0.39, 0.29) is 6.42 Å². The Morgan fingerprint density at radius 3 is 2.78 bits per heavy atom. The minimum atomic E-state index is -2.73. The van der Waals surface area contributed by atoms with Crippen molar-refractivity contribution in [3.63, 3.8) is 0 Å². The van der Waals surface area contributed by atoms with Gasteiger partial charge in [-0.3, -0.25) is 0 Å². The largest absolute Gasteiger partial charge is 0.480 e. The molecule has 6 nitrogen and oxygen atoms in total. The van der Waals surface area contributed by atoms with Gasteiger partial charge in [0.15, 0.2) is 6.04 Å². The maximum atomic E-state index is 10.9. The van der Waals surface area contributed by atoms with E-state index in [1.165, 1.54) is 0 Å². The Kier molecular flexibility index (Phi) is 3.42. The average Bonchev–Trinajstić information content (AvgIpc) is 2.71. The van der Waals surface area contributed by atoms with Crippen molar-refractivity contribution in [3.8, 4) is 0 Å². The van der Waals surface area contributed by atoms with Crippen LogP contribution >= 0.6 is 0 Å². The van der Waals surface area contributed by atoms with Crippen LogP contribution in [-0.4, -0.2) is 30.5 Å². The van der Waals surface area contributed by atoms with Gasteiger partial charge < -0.3 is 10.1 Å². The molecule has 0 fully saturated rings. The number of fused-ring (bicyclic) bond motifs is 1. The monoisotopic (exact) mass is 266 g/mol. The molecule has 0 amide bonds. The van der Waals surface area contributed by atoms with Crippen molar-refractivity contribution in [1.29, 1.82) is 0 Å². The predicted octanol–water partition coefficient (Wildman–Crippen LogP) is 1.23. The number of aromatic nitrogens is 1. The van der Waals surface area contributed by atoms with E-state index in [1.807, 2.05) is 24.3 Å². The molecule has 0 spiro atoms. The van der Waals surface area contributed by atoms with Crippen molar-refractivity contribution >= 4 is 27.4 Å². The van der Waals surface area contributed by atoms with E-state index in [9.17, 15) is 13.2 Å². The smallest absolute Gasteiger partial charge is 0.330 e. The number of aromatic amines is 1. The molecule has 1 atom stereocenters. The molecule has 0 radical (unpaired) electrons. The summed E-state index contributed by atoms with van der Waals surface area (Å²) in [6.45, 7) is 0. The van der Waals surface area contributed by atoms with Gasteiger partial charge in [-0.25, -0.2) is 4.79 Å². The summed E-state index contributed by atoms with van der Waals surface area (Å²) in [6, 6.07) is 6.10. The summed E-state index contributed by atoms with van der Waals surface area (Å²) in [5.74, 6) is -1.26. The van der Waals surface area contributed by atoms with E-state index in [0.29, 0.717) is 0 Å². The molecule has 0 aliphatic heterocycles. The summed E-state index contributed by atoms with van der Waals surface area (Å²) in [6.07, 6.45) is 1.71. The molecule has 1 heterocycles. The van der Waals surface area contributed by atoms with Crippen LogP contribution in [0.2, 0.25) is 0 Å². The highest BCUT2D eigenvalue weighted by Crippen LogP contribution is 2.19. The molecule has 1 aromatic heterocycles. The molecule has 0 bridgehead atoms. The van der Waals surface area contributed by atoms with Crippen LogP contribution in [0.3, 0.4) is 0 Å². The lowest BCUT2D eigenvalue weighted by atomic mass is 10.1. The van der Waals surface area contributed by atoms with Crippen molar-refractivity contribution in [2.24, 2.45) is 4.36 Å². The van der Waals surface area contributed by atoms with E-state index in [1.54, 1.807) is 6.20 Å². The molecule has 2 aromatic rings. The topological polar surface area (TPSA) is 99.6 Å². The van der Waals surface area contributed by atoms with Gasteiger partial charge in [-0.05, 0) is 11.6 Å². The summed E-state index contributed by atoms with van der Waals surface area (Å²) in [7, 11) is -2.73. The number of carboxylic acid groups (broad SMARTS) is 1. The van der Waals surface area contributed by atoms with Crippen LogP contribution < -0.4 is 0 Å². The average molecular weight is 266 g/mol. The third-order valence-electron chi connectivity index (χ3n) is 2.59. The second-order valence-electron chi connectivity index (χ2n) is 3.74. The molecule has 18 heavy (non-hydrogen) atoms. The number of H-pyrrole nitrogens is 1. The zero-order valence-corrected chi connectivity index (χ0v) is 10.0. The minimum Gasteiger partial charge on any atom is -0.480 e. The highest BCUT2D eigenvalue weighted by Gasteiger charge is 2.19. The zero-order valence-electron chi connectivity index (χ0n) is 9.20. The highest BCUT2D eigenvalue weighted by molar-refractivity contribution is 7.61. The third kappa shape index (κ3) is 2.57. The Morgan fingerprint density at radius 2 is 2.11 bits per heavy atom. The first-order valence-electron chi connectivity index (χ1n) is 5.16. The van der Waals surface area contributed by atoms with Crippen LogP contribution in [0.15, 0.2) is 34.8 Å². The number of hydrogen-bond donors (Lipinski definition) is 2. The van der Waals surface area contributed by atoms with E-state index in [2.05, 4.69) is 9.35 Å². The first-order chi connectivity index (χ1) is 8.58. The fraction of sp³-hybridized carbons (Fsp3) is 0.182. The van der Waals surface area contributed by atoms with Crippen molar-refractivity contribution in [1.82, 2.24) is 4.98 Å². The molecule has 1 aromatic carbocycles. The lowest BCUT2D eigenvalue weighted by Crippen LogP contribution is -2.20. The van der Waals surface area contributed by atoms with Gasteiger partial charge in [0.05, 0.1) is 0 Å². The fourth-order valence-electron chi connectivity index (χ4n) is 1.78. The molecule has 0 saturated heterocycles. The van der Waals surface area contributed by atoms with Gasteiger partial charge in [-0.2, -0.15) is 12.8 Å². The molecule has 0 aliphatic carbocycles. The van der Waals surface area contributed by atoms with Gasteiger partial charge in [0.2, 0.25) is 0 Å². The van der Waals surface area contributed by atoms with Gasteiger partial charge in [-0.1, -0.05) is 18.2 Å². The van der Waals surface area contributed by atoms with Crippen molar-refractivity contribution in [3.05, 3.63) is 36.0 Å². The van der Waals surface area contributed by atoms with E-state index in [4.69, 9.17) is 5.11 Å². The normalized spacial score (nSPS) is 12.2. The standard InChI is InChI=1S/C11H10N2O4S/c14-11(15)10(13-18(16)17)5-7-6-12-9-4-2-1-3-8(7)9/h1-4,6,10,12H,5H2,(H,14,15)/t10-/m1/s1. The Bertz CT molecular complexity index is 709. The number of nitrogens with zero attached hydrogens (tertiary/aromatic N) is 1. The van der Waals surface area contributed by atoms with Crippen molar-refractivity contribution in [2.75, 3.05) is 0 Å². The molecule has 0 aliphatic rings. The molecule has 2 rings (SSSR count). The number of benzene rings is 1. The molecule has 0 unspecified atom stereocenters. The van der Waals surface area contributed by atoms with E-state index >= 15 is 0 Å². The maximum absolute atomic E-state index is 10.9. The van der Waals surface area contributed by atoms with Gasteiger partial charge in [0, 0.05) is 23.5 Å². The highest BCUT2D eigenvalue weighted by atomic mass is 32.2. The van der Waals surface area contributed by atoms with Crippen molar-refractivity contribution < 1.29 is 18.3 Å². The van der Waals surface area contributed by atoms with Gasteiger partial charge in [-0.15, -0.1) is 0 Å². The van der Waals surface area contributed by atoms with E-state index < -0.39 is 22.5 Å². The summed E-state index contributed by atoms with van der Waals surface area (Å²) in [4.78, 5) is 13.9.